The SMILES string of the molecule is Cc1cccc(-c2nnc3cncc(Cl)n23)c1. The second kappa shape index (κ2) is 3.82. The molecule has 0 fully saturated rings. The smallest absolute Gasteiger partial charge is 0.180 e. The molecule has 0 N–H and O–H groups in total. The molecule has 4 nitrogen and oxygen atoms in total. The number of aromatic nitrogens is 4. The first-order valence-corrected chi connectivity index (χ1v) is 5.55. The average Bonchev–Trinajstić information content (AvgIpc) is 2.74. The summed E-state index contributed by atoms with van der Waals surface area (Å²) in [4.78, 5) is 3.98. The van der Waals surface area contributed by atoms with Crippen LogP contribution in [0.2, 0.25) is 5.15 Å². The molecule has 2 heterocycles. The molecule has 0 unspecified atom stereocenters. The standard InChI is InChI=1S/C12H9ClN4/c1-8-3-2-4-9(5-8)12-16-15-11-7-14-6-10(13)17(11)12/h2-7H,1H3. The van der Waals surface area contributed by atoms with E-state index in [0.29, 0.717) is 10.8 Å². The molecule has 0 aliphatic carbocycles. The molecular weight excluding hydrogens is 236 g/mol. The van der Waals surface area contributed by atoms with Gasteiger partial charge < -0.3 is 0 Å². The first-order chi connectivity index (χ1) is 8.25. The predicted octanol–water partition coefficient (Wildman–Crippen LogP) is 2.75. The van der Waals surface area contributed by atoms with Crippen molar-refractivity contribution in [2.45, 2.75) is 6.92 Å². The van der Waals surface area contributed by atoms with Gasteiger partial charge in [0.25, 0.3) is 0 Å². The summed E-state index contributed by atoms with van der Waals surface area (Å²) < 4.78 is 1.78. The summed E-state index contributed by atoms with van der Waals surface area (Å²) in [6.45, 7) is 2.04. The van der Waals surface area contributed by atoms with Crippen molar-refractivity contribution < 1.29 is 0 Å². The number of fused-ring (bicyclic) bond motifs is 1. The molecule has 0 aliphatic rings. The van der Waals surface area contributed by atoms with Crippen LogP contribution in [-0.4, -0.2) is 19.6 Å². The maximum Gasteiger partial charge on any atom is 0.180 e. The van der Waals surface area contributed by atoms with Crippen molar-refractivity contribution in [2.75, 3.05) is 0 Å². The van der Waals surface area contributed by atoms with E-state index >= 15 is 0 Å². The van der Waals surface area contributed by atoms with Crippen LogP contribution in [-0.2, 0) is 0 Å². The van der Waals surface area contributed by atoms with Gasteiger partial charge in [0.05, 0.1) is 12.4 Å². The van der Waals surface area contributed by atoms with Gasteiger partial charge in [0.2, 0.25) is 0 Å². The topological polar surface area (TPSA) is 43.1 Å². The molecule has 0 radical (unpaired) electrons. The molecule has 0 aliphatic heterocycles. The Hall–Kier alpha value is -1.94. The molecule has 0 amide bonds. The molecule has 0 spiro atoms. The second-order valence-electron chi connectivity index (χ2n) is 3.82. The Bertz CT molecular complexity index is 690. The van der Waals surface area contributed by atoms with Crippen LogP contribution in [0.5, 0.6) is 0 Å². The first kappa shape index (κ1) is 10.2. The molecule has 84 valence electrons. The number of aryl methyl sites for hydroxylation is 1. The highest BCUT2D eigenvalue weighted by atomic mass is 35.5. The molecule has 1 aromatic carbocycles. The Morgan fingerprint density at radius 3 is 2.88 bits per heavy atom. The fourth-order valence-electron chi connectivity index (χ4n) is 1.78. The van der Waals surface area contributed by atoms with Crippen LogP contribution < -0.4 is 0 Å². The lowest BCUT2D eigenvalue weighted by Crippen LogP contribution is -1.92. The van der Waals surface area contributed by atoms with Crippen molar-refractivity contribution >= 4 is 17.2 Å². The van der Waals surface area contributed by atoms with E-state index in [4.69, 9.17) is 11.6 Å². The first-order valence-electron chi connectivity index (χ1n) is 5.17. The average molecular weight is 245 g/mol. The summed E-state index contributed by atoms with van der Waals surface area (Å²) >= 11 is 6.11. The second-order valence-corrected chi connectivity index (χ2v) is 4.20. The summed E-state index contributed by atoms with van der Waals surface area (Å²) in [6.07, 6.45) is 3.22. The quantitative estimate of drug-likeness (QED) is 0.661. The minimum atomic E-state index is 0.504. The number of benzene rings is 1. The highest BCUT2D eigenvalue weighted by Crippen LogP contribution is 2.22. The van der Waals surface area contributed by atoms with Crippen LogP contribution in [0.4, 0.5) is 0 Å². The molecule has 2 aromatic heterocycles. The summed E-state index contributed by atoms with van der Waals surface area (Å²) in [7, 11) is 0. The molecular formula is C12H9ClN4. The van der Waals surface area contributed by atoms with Gasteiger partial charge in [0.1, 0.15) is 5.15 Å². The van der Waals surface area contributed by atoms with E-state index in [9.17, 15) is 0 Å². The number of nitrogens with zero attached hydrogens (tertiary/aromatic N) is 4. The molecule has 0 atom stereocenters. The van der Waals surface area contributed by atoms with E-state index in [2.05, 4.69) is 15.2 Å². The zero-order valence-electron chi connectivity index (χ0n) is 9.13. The van der Waals surface area contributed by atoms with E-state index in [1.54, 1.807) is 16.8 Å². The van der Waals surface area contributed by atoms with E-state index in [0.717, 1.165) is 11.4 Å². The van der Waals surface area contributed by atoms with Gasteiger partial charge in [-0.25, -0.2) is 0 Å². The largest absolute Gasteiger partial charge is 0.262 e. The zero-order chi connectivity index (χ0) is 11.8. The van der Waals surface area contributed by atoms with Crippen LogP contribution in [0.25, 0.3) is 17.0 Å². The molecule has 3 aromatic rings. The number of halogens is 1. The van der Waals surface area contributed by atoms with Crippen LogP contribution in [0.1, 0.15) is 5.56 Å². The summed E-state index contributed by atoms with van der Waals surface area (Å²) in [5.41, 5.74) is 2.81. The summed E-state index contributed by atoms with van der Waals surface area (Å²) in [6, 6.07) is 8.06. The van der Waals surface area contributed by atoms with Gasteiger partial charge in [-0.1, -0.05) is 35.4 Å². The molecule has 17 heavy (non-hydrogen) atoms. The fourth-order valence-corrected chi connectivity index (χ4v) is 2.01. The lowest BCUT2D eigenvalue weighted by atomic mass is 10.1. The Morgan fingerprint density at radius 2 is 2.06 bits per heavy atom. The Morgan fingerprint density at radius 1 is 1.18 bits per heavy atom. The minimum absolute atomic E-state index is 0.504. The summed E-state index contributed by atoms with van der Waals surface area (Å²) in [5, 5.41) is 8.71. The number of hydrogen-bond acceptors (Lipinski definition) is 3. The predicted molar refractivity (Wildman–Crippen MR) is 66.0 cm³/mol. The van der Waals surface area contributed by atoms with Gasteiger partial charge in [-0.3, -0.25) is 9.38 Å². The van der Waals surface area contributed by atoms with Gasteiger partial charge in [-0.05, 0) is 13.0 Å². The van der Waals surface area contributed by atoms with Gasteiger partial charge in [-0.2, -0.15) is 0 Å². The number of rotatable bonds is 1. The maximum absolute atomic E-state index is 6.11. The van der Waals surface area contributed by atoms with Crippen molar-refractivity contribution in [1.82, 2.24) is 19.6 Å². The van der Waals surface area contributed by atoms with Crippen molar-refractivity contribution in [3.8, 4) is 11.4 Å². The van der Waals surface area contributed by atoms with E-state index in [1.165, 1.54) is 5.56 Å². The van der Waals surface area contributed by atoms with Crippen molar-refractivity contribution in [2.24, 2.45) is 0 Å². The highest BCUT2D eigenvalue weighted by molar-refractivity contribution is 6.29. The Balaban J connectivity index is 2.31. The lowest BCUT2D eigenvalue weighted by molar-refractivity contribution is 1.11. The Kier molecular flexibility index (Phi) is 2.30. The van der Waals surface area contributed by atoms with Crippen LogP contribution >= 0.6 is 11.6 Å². The van der Waals surface area contributed by atoms with E-state index in [-0.39, 0.29) is 0 Å². The van der Waals surface area contributed by atoms with Gasteiger partial charge in [0, 0.05) is 5.56 Å². The molecule has 3 rings (SSSR count). The van der Waals surface area contributed by atoms with Gasteiger partial charge in [0.15, 0.2) is 11.5 Å². The van der Waals surface area contributed by atoms with Crippen LogP contribution in [0, 0.1) is 6.92 Å². The molecule has 0 saturated carbocycles. The van der Waals surface area contributed by atoms with Crippen molar-refractivity contribution in [3.63, 3.8) is 0 Å². The van der Waals surface area contributed by atoms with Crippen molar-refractivity contribution in [1.29, 1.82) is 0 Å². The van der Waals surface area contributed by atoms with Crippen LogP contribution in [0.15, 0.2) is 36.7 Å². The Labute approximate surface area is 103 Å². The third-order valence-corrected chi connectivity index (χ3v) is 2.82. The van der Waals surface area contributed by atoms with Gasteiger partial charge in [-0.15, -0.1) is 10.2 Å². The fraction of sp³-hybridized carbons (Fsp3) is 0.0833. The molecule has 0 saturated heterocycles. The minimum Gasteiger partial charge on any atom is -0.262 e. The third-order valence-electron chi connectivity index (χ3n) is 2.55. The zero-order valence-corrected chi connectivity index (χ0v) is 9.89. The van der Waals surface area contributed by atoms with Gasteiger partial charge >= 0.3 is 0 Å². The van der Waals surface area contributed by atoms with E-state index < -0.39 is 0 Å². The van der Waals surface area contributed by atoms with Crippen LogP contribution in [0.3, 0.4) is 0 Å². The molecule has 5 heteroatoms. The van der Waals surface area contributed by atoms with Crippen molar-refractivity contribution in [3.05, 3.63) is 47.4 Å². The third kappa shape index (κ3) is 1.66. The maximum atomic E-state index is 6.11. The monoisotopic (exact) mass is 244 g/mol. The highest BCUT2D eigenvalue weighted by Gasteiger charge is 2.10. The molecule has 0 bridgehead atoms. The summed E-state index contributed by atoms with van der Waals surface area (Å²) in [5.74, 6) is 0.733. The lowest BCUT2D eigenvalue weighted by Gasteiger charge is -2.02. The number of hydrogen-bond donors (Lipinski definition) is 0. The van der Waals surface area contributed by atoms with E-state index in [1.807, 2.05) is 31.2 Å². The normalized spacial score (nSPS) is 10.9.